The first-order valence-corrected chi connectivity index (χ1v) is 8.56. The molecule has 26 heavy (non-hydrogen) atoms. The van der Waals surface area contributed by atoms with E-state index in [1.807, 2.05) is 19.1 Å². The van der Waals surface area contributed by atoms with Crippen molar-refractivity contribution >= 4 is 0 Å². The maximum atomic E-state index is 9.57. The minimum Gasteiger partial charge on any atom is -1.00 e. The maximum absolute atomic E-state index is 9.57. The highest BCUT2D eigenvalue weighted by Gasteiger charge is 2.48. The second-order valence-corrected chi connectivity index (χ2v) is 6.06. The molecule has 10 heteroatoms. The zero-order valence-corrected chi connectivity index (χ0v) is 17.1. The fourth-order valence-corrected chi connectivity index (χ4v) is 3.72. The minimum absolute atomic E-state index is 0. The summed E-state index contributed by atoms with van der Waals surface area (Å²) >= 11 is 0. The van der Waals surface area contributed by atoms with Crippen molar-refractivity contribution in [1.82, 2.24) is 0 Å². The molecule has 0 aromatic heterocycles. The molecule has 0 heterocycles. The fourth-order valence-electron chi connectivity index (χ4n) is 3.72. The Balaban J connectivity index is -0.00000264. The SMILES string of the molecule is C/C=C/C([N+](CCO)(CCO)CCO)[N+](CCO)(CCO)CCO.[Cl-].[Cl-]. The van der Waals surface area contributed by atoms with Crippen LogP contribution in [-0.4, -0.2) is 125 Å². The number of hydrogen-bond acceptors (Lipinski definition) is 6. The lowest BCUT2D eigenvalue weighted by Gasteiger charge is -2.52. The van der Waals surface area contributed by atoms with Crippen molar-refractivity contribution < 1.29 is 64.4 Å². The number of aliphatic hydroxyl groups excluding tert-OH is 6. The Labute approximate surface area is 169 Å². The average molecular weight is 423 g/mol. The van der Waals surface area contributed by atoms with Crippen LogP contribution in [0.15, 0.2) is 12.2 Å². The molecule has 6 N–H and O–H groups in total. The van der Waals surface area contributed by atoms with Gasteiger partial charge in [-0.15, -0.1) is 0 Å². The summed E-state index contributed by atoms with van der Waals surface area (Å²) in [6, 6.07) is 0. The lowest BCUT2D eigenvalue weighted by molar-refractivity contribution is -1.13. The first-order chi connectivity index (χ1) is 11.6. The first kappa shape index (κ1) is 30.7. The van der Waals surface area contributed by atoms with Gasteiger partial charge in [0.25, 0.3) is 0 Å². The molecular formula is C16H36Cl2N2O6. The van der Waals surface area contributed by atoms with Gasteiger partial charge in [0, 0.05) is 6.08 Å². The number of hydrogen-bond donors (Lipinski definition) is 6. The number of quaternary nitrogens is 2. The monoisotopic (exact) mass is 422 g/mol. The molecule has 0 saturated heterocycles. The summed E-state index contributed by atoms with van der Waals surface area (Å²) < 4.78 is 0.432. The molecule has 0 aliphatic carbocycles. The van der Waals surface area contributed by atoms with Crippen LogP contribution in [0.4, 0.5) is 0 Å². The van der Waals surface area contributed by atoms with E-state index in [9.17, 15) is 30.6 Å². The average Bonchev–Trinajstić information content (AvgIpc) is 2.54. The maximum Gasteiger partial charge on any atom is 0.236 e. The lowest BCUT2D eigenvalue weighted by atomic mass is 10.1. The van der Waals surface area contributed by atoms with Gasteiger partial charge in [-0.1, -0.05) is 6.08 Å². The lowest BCUT2D eigenvalue weighted by Crippen LogP contribution is -3.00. The van der Waals surface area contributed by atoms with Crippen LogP contribution >= 0.6 is 0 Å². The van der Waals surface area contributed by atoms with Crippen LogP contribution in [0.1, 0.15) is 6.92 Å². The molecule has 0 bridgehead atoms. The Morgan fingerprint density at radius 2 is 0.808 bits per heavy atom. The number of aliphatic hydroxyl groups is 6. The van der Waals surface area contributed by atoms with Gasteiger partial charge in [-0.25, -0.2) is 0 Å². The quantitative estimate of drug-likeness (QED) is 0.0884. The molecule has 0 aliphatic rings. The van der Waals surface area contributed by atoms with E-state index in [2.05, 4.69) is 0 Å². The highest BCUT2D eigenvalue weighted by Crippen LogP contribution is 2.26. The molecule has 0 spiro atoms. The predicted molar refractivity (Wildman–Crippen MR) is 90.8 cm³/mol. The molecular weight excluding hydrogens is 387 g/mol. The van der Waals surface area contributed by atoms with Crippen molar-refractivity contribution in [3.05, 3.63) is 12.2 Å². The van der Waals surface area contributed by atoms with Gasteiger partial charge in [-0.3, -0.25) is 8.97 Å². The summed E-state index contributed by atoms with van der Waals surface area (Å²) in [6.07, 6.45) is 3.44. The van der Waals surface area contributed by atoms with Crippen LogP contribution in [0.25, 0.3) is 0 Å². The number of halogens is 2. The normalized spacial score (nSPS) is 12.3. The molecule has 0 aliphatic heterocycles. The van der Waals surface area contributed by atoms with Crippen LogP contribution in [0.5, 0.6) is 0 Å². The van der Waals surface area contributed by atoms with Gasteiger partial charge in [0.1, 0.15) is 39.3 Å². The Bertz CT molecular complexity index is 291. The molecule has 0 atom stereocenters. The van der Waals surface area contributed by atoms with Crippen molar-refractivity contribution in [3.63, 3.8) is 0 Å². The van der Waals surface area contributed by atoms with Crippen LogP contribution in [0.2, 0.25) is 0 Å². The molecule has 0 fully saturated rings. The van der Waals surface area contributed by atoms with Crippen molar-refractivity contribution in [2.45, 2.75) is 13.1 Å². The van der Waals surface area contributed by atoms with Crippen molar-refractivity contribution in [2.24, 2.45) is 0 Å². The second kappa shape index (κ2) is 17.1. The molecule has 0 saturated carbocycles. The zero-order chi connectivity index (χ0) is 18.5. The second-order valence-electron chi connectivity index (χ2n) is 6.06. The van der Waals surface area contributed by atoms with Crippen LogP contribution in [0, 0.1) is 0 Å². The highest BCUT2D eigenvalue weighted by atomic mass is 35.5. The van der Waals surface area contributed by atoms with Crippen LogP contribution < -0.4 is 24.8 Å². The van der Waals surface area contributed by atoms with Gasteiger partial charge in [0.15, 0.2) is 0 Å². The summed E-state index contributed by atoms with van der Waals surface area (Å²) in [5.74, 6) is 0. The largest absolute Gasteiger partial charge is 1.00 e. The van der Waals surface area contributed by atoms with Gasteiger partial charge in [-0.05, 0) is 6.92 Å². The third kappa shape index (κ3) is 8.35. The molecule has 160 valence electrons. The minimum atomic E-state index is -0.326. The van der Waals surface area contributed by atoms with Crippen LogP contribution in [-0.2, 0) is 0 Å². The Hall–Kier alpha value is 0. The van der Waals surface area contributed by atoms with E-state index < -0.39 is 0 Å². The fraction of sp³-hybridized carbons (Fsp3) is 0.875. The zero-order valence-electron chi connectivity index (χ0n) is 15.6. The number of allylic oxidation sites excluding steroid dienone is 1. The highest BCUT2D eigenvalue weighted by molar-refractivity contribution is 4.84. The van der Waals surface area contributed by atoms with Gasteiger partial charge in [0.05, 0.1) is 39.6 Å². The van der Waals surface area contributed by atoms with Gasteiger partial charge >= 0.3 is 0 Å². The molecule has 8 nitrogen and oxygen atoms in total. The van der Waals surface area contributed by atoms with E-state index in [4.69, 9.17) is 0 Å². The Kier molecular flexibility index (Phi) is 20.2. The summed E-state index contributed by atoms with van der Waals surface area (Å²) in [6.45, 7) is 3.04. The predicted octanol–water partition coefficient (Wildman–Crippen LogP) is -8.52. The van der Waals surface area contributed by atoms with Gasteiger partial charge in [0.2, 0.25) is 6.17 Å². The third-order valence-electron chi connectivity index (χ3n) is 4.76. The molecule has 0 unspecified atom stereocenters. The summed E-state index contributed by atoms with van der Waals surface area (Å²) in [5.41, 5.74) is 0. The summed E-state index contributed by atoms with van der Waals surface area (Å²) in [7, 11) is 0. The van der Waals surface area contributed by atoms with E-state index in [-0.39, 0.29) is 79.6 Å². The Morgan fingerprint density at radius 3 is 0.962 bits per heavy atom. The third-order valence-corrected chi connectivity index (χ3v) is 4.76. The first-order valence-electron chi connectivity index (χ1n) is 8.56. The van der Waals surface area contributed by atoms with Crippen molar-refractivity contribution in [2.75, 3.05) is 78.9 Å². The van der Waals surface area contributed by atoms with E-state index in [0.717, 1.165) is 0 Å². The van der Waals surface area contributed by atoms with E-state index in [1.54, 1.807) is 0 Å². The molecule has 0 rings (SSSR count). The number of nitrogens with zero attached hydrogens (tertiary/aromatic N) is 2. The van der Waals surface area contributed by atoms with Crippen molar-refractivity contribution in [3.8, 4) is 0 Å². The number of rotatable bonds is 15. The molecule has 0 radical (unpaired) electrons. The van der Waals surface area contributed by atoms with E-state index in [1.165, 1.54) is 0 Å². The topological polar surface area (TPSA) is 121 Å². The van der Waals surface area contributed by atoms with Gasteiger partial charge in [-0.2, -0.15) is 0 Å². The van der Waals surface area contributed by atoms with Gasteiger partial charge < -0.3 is 55.5 Å². The summed E-state index contributed by atoms with van der Waals surface area (Å²) in [4.78, 5) is 0. The smallest absolute Gasteiger partial charge is 0.236 e. The van der Waals surface area contributed by atoms with E-state index >= 15 is 0 Å². The standard InChI is InChI=1S/C16H36N2O6.2ClH/c1-2-3-16(17(4-10-19,5-11-20)6-12-21)18(7-13-22,8-14-23)9-15-24;;/h2-3,16,19-24H,4-15H2,1H3;2*1H/q+2;;/p-2/b3-2+;;. The van der Waals surface area contributed by atoms with E-state index in [0.29, 0.717) is 39.3 Å². The van der Waals surface area contributed by atoms with Crippen LogP contribution in [0.3, 0.4) is 0 Å². The van der Waals surface area contributed by atoms with Crippen molar-refractivity contribution in [1.29, 1.82) is 0 Å². The summed E-state index contributed by atoms with van der Waals surface area (Å²) in [5, 5.41) is 57.4. The Morgan fingerprint density at radius 1 is 0.577 bits per heavy atom. The molecule has 0 aromatic carbocycles. The molecule has 0 aromatic rings. The molecule has 0 amide bonds.